The third-order valence-corrected chi connectivity index (χ3v) is 5.79. The first-order chi connectivity index (χ1) is 9.97. The Hall–Kier alpha value is -0.960. The number of hydrogen-bond donors (Lipinski definition) is 2. The van der Waals surface area contributed by atoms with E-state index in [-0.39, 0.29) is 4.90 Å². The fourth-order valence-electron chi connectivity index (χ4n) is 2.56. The molecule has 1 aliphatic carbocycles. The summed E-state index contributed by atoms with van der Waals surface area (Å²) >= 11 is 2.12. The molecule has 0 amide bonds. The van der Waals surface area contributed by atoms with Gasteiger partial charge in [0, 0.05) is 9.99 Å². The first kappa shape index (κ1) is 15.0. The van der Waals surface area contributed by atoms with E-state index in [1.807, 2.05) is 24.3 Å². The highest BCUT2D eigenvalue weighted by Gasteiger charge is 2.34. The van der Waals surface area contributed by atoms with Crippen LogP contribution in [0.15, 0.2) is 53.4 Å². The van der Waals surface area contributed by atoms with Crippen LogP contribution in [0, 0.1) is 3.57 Å². The Balaban J connectivity index is 1.91. The van der Waals surface area contributed by atoms with E-state index >= 15 is 0 Å². The fourth-order valence-corrected chi connectivity index (χ4v) is 4.17. The van der Waals surface area contributed by atoms with Crippen LogP contribution in [0.1, 0.15) is 17.2 Å². The van der Waals surface area contributed by atoms with Gasteiger partial charge < -0.3 is 5.11 Å². The van der Waals surface area contributed by atoms with E-state index in [2.05, 4.69) is 27.3 Å². The third-order valence-electron chi connectivity index (χ3n) is 3.61. The van der Waals surface area contributed by atoms with Crippen molar-refractivity contribution in [2.24, 2.45) is 0 Å². The van der Waals surface area contributed by atoms with Gasteiger partial charge in [0.2, 0.25) is 10.0 Å². The molecule has 0 saturated carbocycles. The molecule has 2 atom stereocenters. The molecule has 6 heteroatoms. The Morgan fingerprint density at radius 3 is 2.48 bits per heavy atom. The van der Waals surface area contributed by atoms with Crippen LogP contribution in [0.5, 0.6) is 0 Å². The molecule has 0 aliphatic heterocycles. The van der Waals surface area contributed by atoms with Crippen LogP contribution >= 0.6 is 22.6 Å². The molecule has 0 spiro atoms. The van der Waals surface area contributed by atoms with E-state index in [0.717, 1.165) is 14.7 Å². The van der Waals surface area contributed by atoms with Gasteiger partial charge >= 0.3 is 0 Å². The maximum Gasteiger partial charge on any atom is 0.241 e. The molecular weight excluding hydrogens is 401 g/mol. The van der Waals surface area contributed by atoms with Crippen molar-refractivity contribution in [3.63, 3.8) is 0 Å². The summed E-state index contributed by atoms with van der Waals surface area (Å²) in [6.45, 7) is 0. The van der Waals surface area contributed by atoms with Crippen molar-refractivity contribution in [3.05, 3.63) is 63.2 Å². The Morgan fingerprint density at radius 2 is 1.76 bits per heavy atom. The average molecular weight is 415 g/mol. The minimum Gasteiger partial charge on any atom is -0.391 e. The van der Waals surface area contributed by atoms with Gasteiger partial charge in [-0.25, -0.2) is 13.1 Å². The van der Waals surface area contributed by atoms with Gasteiger partial charge in [-0.15, -0.1) is 0 Å². The first-order valence-electron chi connectivity index (χ1n) is 6.51. The molecule has 0 fully saturated rings. The van der Waals surface area contributed by atoms with Crippen molar-refractivity contribution in [1.82, 2.24) is 4.72 Å². The lowest BCUT2D eigenvalue weighted by molar-refractivity contribution is 0.151. The first-order valence-corrected chi connectivity index (χ1v) is 9.07. The molecule has 0 aromatic heterocycles. The molecule has 21 heavy (non-hydrogen) atoms. The van der Waals surface area contributed by atoms with Gasteiger partial charge in [0.05, 0.1) is 17.0 Å². The van der Waals surface area contributed by atoms with Crippen molar-refractivity contribution >= 4 is 32.6 Å². The molecule has 2 aromatic rings. The summed E-state index contributed by atoms with van der Waals surface area (Å²) in [5.74, 6) is 0. The maximum atomic E-state index is 12.4. The summed E-state index contributed by atoms with van der Waals surface area (Å²) < 4.78 is 28.4. The SMILES string of the molecule is O=S(=O)(NC1c2ccccc2CC1O)c1ccc(I)cc1. The van der Waals surface area contributed by atoms with Crippen LogP contribution in [0.4, 0.5) is 0 Å². The fraction of sp³-hybridized carbons (Fsp3) is 0.200. The number of rotatable bonds is 3. The van der Waals surface area contributed by atoms with Crippen molar-refractivity contribution < 1.29 is 13.5 Å². The standard InChI is InChI=1S/C15H14INO3S/c16-11-5-7-12(8-6-11)21(19,20)17-15-13-4-2-1-3-10(13)9-14(15)18/h1-8,14-15,17-18H,9H2. The lowest BCUT2D eigenvalue weighted by Crippen LogP contribution is -2.33. The molecule has 1 aliphatic rings. The van der Waals surface area contributed by atoms with E-state index in [0.29, 0.717) is 6.42 Å². The van der Waals surface area contributed by atoms with E-state index in [1.165, 1.54) is 0 Å². The highest BCUT2D eigenvalue weighted by atomic mass is 127. The van der Waals surface area contributed by atoms with Crippen LogP contribution in [-0.4, -0.2) is 19.6 Å². The minimum absolute atomic E-state index is 0.208. The molecule has 4 nitrogen and oxygen atoms in total. The van der Waals surface area contributed by atoms with Crippen LogP contribution in [-0.2, 0) is 16.4 Å². The topological polar surface area (TPSA) is 66.4 Å². The molecule has 2 unspecified atom stereocenters. The van der Waals surface area contributed by atoms with Crippen LogP contribution in [0.25, 0.3) is 0 Å². The quantitative estimate of drug-likeness (QED) is 0.756. The molecule has 2 N–H and O–H groups in total. The van der Waals surface area contributed by atoms with Gasteiger partial charge in [0.25, 0.3) is 0 Å². The lowest BCUT2D eigenvalue weighted by atomic mass is 10.1. The Labute approximate surface area is 137 Å². The number of nitrogens with one attached hydrogen (secondary N) is 1. The van der Waals surface area contributed by atoms with Gasteiger partial charge in [-0.1, -0.05) is 24.3 Å². The number of aliphatic hydroxyl groups excluding tert-OH is 1. The highest BCUT2D eigenvalue weighted by molar-refractivity contribution is 14.1. The van der Waals surface area contributed by atoms with E-state index < -0.39 is 22.2 Å². The average Bonchev–Trinajstić information content (AvgIpc) is 2.75. The largest absolute Gasteiger partial charge is 0.391 e. The number of fused-ring (bicyclic) bond motifs is 1. The van der Waals surface area contributed by atoms with Gasteiger partial charge in [0.15, 0.2) is 0 Å². The molecule has 0 bridgehead atoms. The molecule has 0 saturated heterocycles. The smallest absolute Gasteiger partial charge is 0.241 e. The zero-order valence-electron chi connectivity index (χ0n) is 11.0. The second-order valence-corrected chi connectivity index (χ2v) is 7.98. The van der Waals surface area contributed by atoms with Gasteiger partial charge in [-0.2, -0.15) is 0 Å². The highest BCUT2D eigenvalue weighted by Crippen LogP contribution is 2.32. The summed E-state index contributed by atoms with van der Waals surface area (Å²) in [5.41, 5.74) is 1.83. The van der Waals surface area contributed by atoms with E-state index in [1.54, 1.807) is 24.3 Å². The summed E-state index contributed by atoms with van der Waals surface area (Å²) in [4.78, 5) is 0.208. The van der Waals surface area contributed by atoms with Crippen LogP contribution in [0.2, 0.25) is 0 Å². The molecule has 2 aromatic carbocycles. The van der Waals surface area contributed by atoms with E-state index in [9.17, 15) is 13.5 Å². The normalized spacial score (nSPS) is 21.2. The van der Waals surface area contributed by atoms with Gasteiger partial charge in [0.1, 0.15) is 0 Å². The Bertz CT molecular complexity index is 759. The summed E-state index contributed by atoms with van der Waals surface area (Å²) in [6, 6.07) is 13.5. The number of halogens is 1. The van der Waals surface area contributed by atoms with Crippen molar-refractivity contribution in [3.8, 4) is 0 Å². The van der Waals surface area contributed by atoms with Crippen molar-refractivity contribution in [1.29, 1.82) is 0 Å². The van der Waals surface area contributed by atoms with Crippen molar-refractivity contribution in [2.75, 3.05) is 0 Å². The van der Waals surface area contributed by atoms with Crippen molar-refractivity contribution in [2.45, 2.75) is 23.5 Å². The second kappa shape index (κ2) is 5.68. The zero-order valence-corrected chi connectivity index (χ0v) is 14.0. The number of benzene rings is 2. The van der Waals surface area contributed by atoms with Crippen LogP contribution in [0.3, 0.4) is 0 Å². The molecular formula is C15H14INO3S. The number of hydrogen-bond acceptors (Lipinski definition) is 3. The Morgan fingerprint density at radius 1 is 1.10 bits per heavy atom. The monoisotopic (exact) mass is 415 g/mol. The summed E-state index contributed by atoms with van der Waals surface area (Å²) in [6.07, 6.45) is -0.267. The predicted octanol–water partition coefficient (Wildman–Crippen LogP) is 2.23. The second-order valence-electron chi connectivity index (χ2n) is 5.02. The van der Waals surface area contributed by atoms with Gasteiger partial charge in [-0.05, 0) is 58.0 Å². The summed E-state index contributed by atoms with van der Waals surface area (Å²) in [5, 5.41) is 10.1. The third kappa shape index (κ3) is 2.98. The molecule has 0 heterocycles. The Kier molecular flexibility index (Phi) is 4.04. The molecule has 0 radical (unpaired) electrons. The molecule has 110 valence electrons. The maximum absolute atomic E-state index is 12.4. The minimum atomic E-state index is -3.65. The lowest BCUT2D eigenvalue weighted by Gasteiger charge is -2.18. The molecule has 3 rings (SSSR count). The number of aliphatic hydroxyl groups is 1. The summed E-state index contributed by atoms with van der Waals surface area (Å²) in [7, 11) is -3.65. The van der Waals surface area contributed by atoms with Gasteiger partial charge in [-0.3, -0.25) is 0 Å². The van der Waals surface area contributed by atoms with Crippen LogP contribution < -0.4 is 4.72 Å². The van der Waals surface area contributed by atoms with E-state index in [4.69, 9.17) is 0 Å². The zero-order chi connectivity index (χ0) is 15.0. The predicted molar refractivity (Wildman–Crippen MR) is 88.4 cm³/mol. The number of sulfonamides is 1.